The first kappa shape index (κ1) is 16.6. The second-order valence-corrected chi connectivity index (χ2v) is 9.79. The Bertz CT molecular complexity index is 655. The molecular formula is C22H32O2. The number of fused-ring (bicyclic) bond motifs is 5. The SMILES string of the molecule is C=C1C[C@@H]2[C@@H](CC[C@@]3(C)[C@H]2CCC3(C)O)[C@@]2(C)CCC(=O)C(C)=C12. The van der Waals surface area contributed by atoms with E-state index in [1.807, 2.05) is 6.92 Å². The number of carbonyl (C=O) groups is 1. The molecule has 0 aliphatic heterocycles. The topological polar surface area (TPSA) is 37.3 Å². The predicted octanol–water partition coefficient (Wildman–Crippen LogP) is 4.83. The van der Waals surface area contributed by atoms with Crippen LogP contribution >= 0.6 is 0 Å². The molecule has 4 aliphatic rings. The highest BCUT2D eigenvalue weighted by Gasteiger charge is 2.63. The van der Waals surface area contributed by atoms with Crippen molar-refractivity contribution in [3.05, 3.63) is 23.3 Å². The van der Waals surface area contributed by atoms with E-state index in [4.69, 9.17) is 0 Å². The van der Waals surface area contributed by atoms with Crippen LogP contribution in [0.4, 0.5) is 0 Å². The number of carbonyl (C=O) groups excluding carboxylic acids is 1. The monoisotopic (exact) mass is 328 g/mol. The van der Waals surface area contributed by atoms with E-state index in [0.29, 0.717) is 30.0 Å². The number of rotatable bonds is 0. The Morgan fingerprint density at radius 3 is 2.46 bits per heavy atom. The highest BCUT2D eigenvalue weighted by Crippen LogP contribution is 2.68. The van der Waals surface area contributed by atoms with Crippen LogP contribution in [-0.4, -0.2) is 16.5 Å². The summed E-state index contributed by atoms with van der Waals surface area (Å²) in [5.41, 5.74) is 3.13. The van der Waals surface area contributed by atoms with Gasteiger partial charge >= 0.3 is 0 Å². The lowest BCUT2D eigenvalue weighted by molar-refractivity contribution is -0.122. The van der Waals surface area contributed by atoms with Crippen LogP contribution in [0.1, 0.15) is 72.6 Å². The normalized spacial score (nSPS) is 51.3. The van der Waals surface area contributed by atoms with Gasteiger partial charge in [-0.1, -0.05) is 26.0 Å². The fourth-order valence-corrected chi connectivity index (χ4v) is 7.29. The predicted molar refractivity (Wildman–Crippen MR) is 96.5 cm³/mol. The zero-order valence-corrected chi connectivity index (χ0v) is 15.7. The van der Waals surface area contributed by atoms with E-state index in [-0.39, 0.29) is 10.8 Å². The maximum Gasteiger partial charge on any atom is 0.158 e. The summed E-state index contributed by atoms with van der Waals surface area (Å²) in [5.74, 6) is 2.19. The Balaban J connectivity index is 1.78. The molecule has 0 spiro atoms. The van der Waals surface area contributed by atoms with Crippen LogP contribution in [0.15, 0.2) is 23.3 Å². The average Bonchev–Trinajstić information content (AvgIpc) is 2.74. The Kier molecular flexibility index (Phi) is 3.34. The zero-order valence-electron chi connectivity index (χ0n) is 15.7. The Morgan fingerprint density at radius 2 is 1.75 bits per heavy atom. The van der Waals surface area contributed by atoms with Crippen LogP contribution in [0.25, 0.3) is 0 Å². The second kappa shape index (κ2) is 4.84. The molecule has 0 aromatic carbocycles. The van der Waals surface area contributed by atoms with E-state index in [2.05, 4.69) is 27.4 Å². The molecule has 2 nitrogen and oxygen atoms in total. The van der Waals surface area contributed by atoms with E-state index in [1.165, 1.54) is 17.6 Å². The first-order valence-electron chi connectivity index (χ1n) is 9.77. The van der Waals surface area contributed by atoms with Crippen LogP contribution in [0.5, 0.6) is 0 Å². The van der Waals surface area contributed by atoms with Crippen molar-refractivity contribution in [2.45, 2.75) is 78.2 Å². The minimum atomic E-state index is -0.528. The van der Waals surface area contributed by atoms with Gasteiger partial charge in [0.05, 0.1) is 5.60 Å². The summed E-state index contributed by atoms with van der Waals surface area (Å²) in [6, 6.07) is 0. The third kappa shape index (κ3) is 1.84. The van der Waals surface area contributed by atoms with Gasteiger partial charge in [-0.15, -0.1) is 0 Å². The van der Waals surface area contributed by atoms with E-state index >= 15 is 0 Å². The summed E-state index contributed by atoms with van der Waals surface area (Å²) >= 11 is 0. The van der Waals surface area contributed by atoms with Crippen LogP contribution in [0, 0.1) is 28.6 Å². The fraction of sp³-hybridized carbons (Fsp3) is 0.773. The molecule has 0 amide bonds. The summed E-state index contributed by atoms with van der Waals surface area (Å²) in [7, 11) is 0. The number of hydrogen-bond acceptors (Lipinski definition) is 2. The minimum absolute atomic E-state index is 0.0472. The third-order valence-electron chi connectivity index (χ3n) is 8.89. The average molecular weight is 328 g/mol. The summed E-state index contributed by atoms with van der Waals surface area (Å²) in [4.78, 5) is 12.3. The van der Waals surface area contributed by atoms with Gasteiger partial charge in [0.1, 0.15) is 0 Å². The Morgan fingerprint density at radius 1 is 1.08 bits per heavy atom. The van der Waals surface area contributed by atoms with Crippen LogP contribution < -0.4 is 0 Å². The standard InChI is InChI=1S/C22H32O2/c1-13-12-15-16(20(3)9-8-18(23)14(2)19(13)20)6-10-21(4)17(15)7-11-22(21,5)24/h15-17,24H,1,6-12H2,2-5H3/t15-,16-,17+,20-,21+,22?/m1/s1. The summed E-state index contributed by atoms with van der Waals surface area (Å²) in [6.07, 6.45) is 7.08. The van der Waals surface area contributed by atoms with Crippen molar-refractivity contribution in [1.82, 2.24) is 0 Å². The van der Waals surface area contributed by atoms with E-state index in [1.54, 1.807) is 0 Å². The maximum atomic E-state index is 12.3. The van der Waals surface area contributed by atoms with Crippen molar-refractivity contribution in [2.24, 2.45) is 28.6 Å². The van der Waals surface area contributed by atoms with Crippen molar-refractivity contribution < 1.29 is 9.90 Å². The molecule has 0 heterocycles. The molecule has 24 heavy (non-hydrogen) atoms. The smallest absolute Gasteiger partial charge is 0.158 e. The first-order chi connectivity index (χ1) is 11.1. The largest absolute Gasteiger partial charge is 0.390 e. The zero-order chi connectivity index (χ0) is 17.5. The van der Waals surface area contributed by atoms with Gasteiger partial charge in [0, 0.05) is 6.42 Å². The van der Waals surface area contributed by atoms with Crippen molar-refractivity contribution in [3.8, 4) is 0 Å². The molecule has 6 atom stereocenters. The number of hydrogen-bond donors (Lipinski definition) is 1. The van der Waals surface area contributed by atoms with E-state index in [9.17, 15) is 9.90 Å². The van der Waals surface area contributed by atoms with Gasteiger partial charge in [0.2, 0.25) is 0 Å². The molecule has 4 rings (SSSR count). The van der Waals surface area contributed by atoms with E-state index < -0.39 is 5.60 Å². The summed E-state index contributed by atoms with van der Waals surface area (Å²) in [6.45, 7) is 13.2. The van der Waals surface area contributed by atoms with Crippen LogP contribution in [-0.2, 0) is 4.79 Å². The van der Waals surface area contributed by atoms with Crippen molar-refractivity contribution in [1.29, 1.82) is 0 Å². The van der Waals surface area contributed by atoms with Gasteiger partial charge < -0.3 is 5.11 Å². The van der Waals surface area contributed by atoms with Gasteiger partial charge in [-0.3, -0.25) is 4.79 Å². The van der Waals surface area contributed by atoms with Gasteiger partial charge in [-0.25, -0.2) is 0 Å². The van der Waals surface area contributed by atoms with Crippen molar-refractivity contribution in [3.63, 3.8) is 0 Å². The molecule has 1 N–H and O–H groups in total. The summed E-state index contributed by atoms with van der Waals surface area (Å²) in [5, 5.41) is 11.0. The molecule has 4 aliphatic carbocycles. The molecule has 132 valence electrons. The molecule has 3 saturated carbocycles. The molecule has 0 saturated heterocycles. The van der Waals surface area contributed by atoms with Crippen LogP contribution in [0.3, 0.4) is 0 Å². The maximum absolute atomic E-state index is 12.3. The number of Topliss-reactive ketones (excluding diaryl/α,β-unsaturated/α-hetero) is 1. The third-order valence-corrected chi connectivity index (χ3v) is 8.89. The molecular weight excluding hydrogens is 296 g/mol. The minimum Gasteiger partial charge on any atom is -0.390 e. The molecule has 2 heteroatoms. The first-order valence-corrected chi connectivity index (χ1v) is 9.77. The molecule has 0 aromatic rings. The summed E-state index contributed by atoms with van der Waals surface area (Å²) < 4.78 is 0. The molecule has 1 unspecified atom stereocenters. The second-order valence-electron chi connectivity index (χ2n) is 9.79. The quantitative estimate of drug-likeness (QED) is 0.692. The van der Waals surface area contributed by atoms with Crippen LogP contribution in [0.2, 0.25) is 0 Å². The lowest BCUT2D eigenvalue weighted by Crippen LogP contribution is -2.54. The number of aliphatic hydroxyl groups is 1. The van der Waals surface area contributed by atoms with Crippen molar-refractivity contribution in [2.75, 3.05) is 0 Å². The molecule has 3 fully saturated rings. The fourth-order valence-electron chi connectivity index (χ4n) is 7.29. The number of allylic oxidation sites excluding steroid dienone is 2. The lowest BCUT2D eigenvalue weighted by Gasteiger charge is -2.59. The Labute approximate surface area is 146 Å². The highest BCUT2D eigenvalue weighted by molar-refractivity contribution is 5.97. The Hall–Kier alpha value is -0.890. The van der Waals surface area contributed by atoms with Gasteiger partial charge in [0.15, 0.2) is 5.78 Å². The molecule has 0 aromatic heterocycles. The lowest BCUT2D eigenvalue weighted by atomic mass is 9.45. The highest BCUT2D eigenvalue weighted by atomic mass is 16.3. The van der Waals surface area contributed by atoms with Gasteiger partial charge in [0.25, 0.3) is 0 Å². The van der Waals surface area contributed by atoms with Crippen molar-refractivity contribution >= 4 is 5.78 Å². The number of ketones is 1. The molecule has 0 bridgehead atoms. The van der Waals surface area contributed by atoms with E-state index in [0.717, 1.165) is 37.7 Å². The van der Waals surface area contributed by atoms with Gasteiger partial charge in [-0.05, 0) is 92.1 Å². The molecule has 0 radical (unpaired) electrons. The van der Waals surface area contributed by atoms with Gasteiger partial charge in [-0.2, -0.15) is 0 Å².